The van der Waals surface area contributed by atoms with Crippen molar-refractivity contribution >= 4 is 17.6 Å². The maximum atomic E-state index is 11.8. The van der Waals surface area contributed by atoms with E-state index in [4.69, 9.17) is 5.11 Å². The second-order valence-corrected chi connectivity index (χ2v) is 4.61. The Morgan fingerprint density at radius 1 is 1.32 bits per heavy atom. The Morgan fingerprint density at radius 3 is 2.53 bits per heavy atom. The molecule has 19 heavy (non-hydrogen) atoms. The summed E-state index contributed by atoms with van der Waals surface area (Å²) in [6.45, 7) is 0.426. The summed E-state index contributed by atoms with van der Waals surface area (Å²) in [4.78, 5) is 22.4. The molecule has 1 aliphatic heterocycles. The van der Waals surface area contributed by atoms with Gasteiger partial charge in [-0.3, -0.25) is 9.59 Å². The van der Waals surface area contributed by atoms with Crippen molar-refractivity contribution in [3.8, 4) is 0 Å². The van der Waals surface area contributed by atoms with Crippen LogP contribution in [0.15, 0.2) is 24.3 Å². The third kappa shape index (κ3) is 3.77. The number of β-amino-alcohol motifs (C(OH)–C–C–N with tert-alkyl or cyclic N) is 1. The Hall–Kier alpha value is -1.92. The SMILES string of the molecule is O=C(O)Cc1ccc(NC(=O)C2CC(O)CN2)cc1. The van der Waals surface area contributed by atoms with Gasteiger partial charge >= 0.3 is 5.97 Å². The van der Waals surface area contributed by atoms with Gasteiger partial charge in [0, 0.05) is 12.2 Å². The first-order valence-electron chi connectivity index (χ1n) is 6.07. The van der Waals surface area contributed by atoms with Crippen molar-refractivity contribution in [2.75, 3.05) is 11.9 Å². The summed E-state index contributed by atoms with van der Waals surface area (Å²) >= 11 is 0. The van der Waals surface area contributed by atoms with E-state index in [0.29, 0.717) is 24.2 Å². The molecule has 0 aromatic heterocycles. The van der Waals surface area contributed by atoms with Crippen LogP contribution in [0.5, 0.6) is 0 Å². The van der Waals surface area contributed by atoms with Crippen molar-refractivity contribution in [3.05, 3.63) is 29.8 Å². The van der Waals surface area contributed by atoms with E-state index >= 15 is 0 Å². The average Bonchev–Trinajstić information content (AvgIpc) is 2.78. The topological polar surface area (TPSA) is 98.7 Å². The van der Waals surface area contributed by atoms with Gasteiger partial charge in [-0.05, 0) is 24.1 Å². The zero-order valence-corrected chi connectivity index (χ0v) is 10.3. The highest BCUT2D eigenvalue weighted by molar-refractivity contribution is 5.95. The number of carbonyl (C=O) groups is 2. The van der Waals surface area contributed by atoms with Crippen LogP contribution in [0.4, 0.5) is 5.69 Å². The van der Waals surface area contributed by atoms with E-state index in [1.165, 1.54) is 0 Å². The Balaban J connectivity index is 1.92. The molecule has 1 heterocycles. The lowest BCUT2D eigenvalue weighted by Crippen LogP contribution is -2.35. The molecule has 1 amide bonds. The molecule has 1 aliphatic rings. The summed E-state index contributed by atoms with van der Waals surface area (Å²) in [5.74, 6) is -1.08. The number of nitrogens with one attached hydrogen (secondary N) is 2. The fraction of sp³-hybridized carbons (Fsp3) is 0.385. The van der Waals surface area contributed by atoms with E-state index in [1.54, 1.807) is 24.3 Å². The molecular weight excluding hydrogens is 248 g/mol. The molecule has 0 spiro atoms. The first-order chi connectivity index (χ1) is 9.04. The Kier molecular flexibility index (Phi) is 4.13. The van der Waals surface area contributed by atoms with Crippen molar-refractivity contribution in [3.63, 3.8) is 0 Å². The molecule has 1 aromatic carbocycles. The highest BCUT2D eigenvalue weighted by atomic mass is 16.4. The monoisotopic (exact) mass is 264 g/mol. The van der Waals surface area contributed by atoms with E-state index in [0.717, 1.165) is 0 Å². The Morgan fingerprint density at radius 2 is 2.00 bits per heavy atom. The summed E-state index contributed by atoms with van der Waals surface area (Å²) in [6, 6.07) is 6.29. The van der Waals surface area contributed by atoms with Crippen LogP contribution in [0.1, 0.15) is 12.0 Å². The fourth-order valence-electron chi connectivity index (χ4n) is 2.03. The van der Waals surface area contributed by atoms with Gasteiger partial charge in [-0.15, -0.1) is 0 Å². The van der Waals surface area contributed by atoms with Gasteiger partial charge in [-0.2, -0.15) is 0 Å². The zero-order valence-electron chi connectivity index (χ0n) is 10.3. The molecule has 0 aliphatic carbocycles. The van der Waals surface area contributed by atoms with E-state index in [1.807, 2.05) is 0 Å². The van der Waals surface area contributed by atoms with Crippen LogP contribution in [0.25, 0.3) is 0 Å². The van der Waals surface area contributed by atoms with E-state index in [-0.39, 0.29) is 18.4 Å². The van der Waals surface area contributed by atoms with Gasteiger partial charge in [-0.1, -0.05) is 12.1 Å². The maximum Gasteiger partial charge on any atom is 0.307 e. The molecule has 102 valence electrons. The summed E-state index contributed by atoms with van der Waals surface area (Å²) < 4.78 is 0. The van der Waals surface area contributed by atoms with E-state index in [9.17, 15) is 14.7 Å². The highest BCUT2D eigenvalue weighted by Crippen LogP contribution is 2.13. The molecule has 6 heteroatoms. The standard InChI is InChI=1S/C13H16N2O4/c16-10-6-11(14-7-10)13(19)15-9-3-1-8(2-4-9)5-12(17)18/h1-4,10-11,14,16H,5-7H2,(H,15,19)(H,17,18). The number of rotatable bonds is 4. The fourth-order valence-corrected chi connectivity index (χ4v) is 2.03. The number of amides is 1. The quantitative estimate of drug-likeness (QED) is 0.612. The molecule has 0 bridgehead atoms. The van der Waals surface area contributed by atoms with Crippen LogP contribution in [0.3, 0.4) is 0 Å². The summed E-state index contributed by atoms with van der Waals surface area (Å²) in [5.41, 5.74) is 1.29. The molecule has 4 N–H and O–H groups in total. The number of aliphatic hydroxyl groups excluding tert-OH is 1. The van der Waals surface area contributed by atoms with E-state index in [2.05, 4.69) is 10.6 Å². The van der Waals surface area contributed by atoms with Crippen LogP contribution >= 0.6 is 0 Å². The Bertz CT molecular complexity index is 472. The number of aliphatic hydroxyl groups is 1. The third-order valence-corrected chi connectivity index (χ3v) is 3.00. The van der Waals surface area contributed by atoms with Crippen molar-refractivity contribution in [1.82, 2.24) is 5.32 Å². The summed E-state index contributed by atoms with van der Waals surface area (Å²) in [5, 5.41) is 23.6. The van der Waals surface area contributed by atoms with Gasteiger partial charge in [0.15, 0.2) is 0 Å². The molecule has 1 fully saturated rings. The third-order valence-electron chi connectivity index (χ3n) is 3.00. The van der Waals surface area contributed by atoms with Gasteiger partial charge in [0.05, 0.1) is 18.6 Å². The largest absolute Gasteiger partial charge is 0.481 e. The van der Waals surface area contributed by atoms with Gasteiger partial charge in [0.1, 0.15) is 0 Å². The first-order valence-corrected chi connectivity index (χ1v) is 6.07. The van der Waals surface area contributed by atoms with Crippen molar-refractivity contribution in [2.24, 2.45) is 0 Å². The van der Waals surface area contributed by atoms with Gasteiger partial charge in [0.2, 0.25) is 5.91 Å². The van der Waals surface area contributed by atoms with Crippen molar-refractivity contribution < 1.29 is 19.8 Å². The number of anilines is 1. The molecule has 1 saturated heterocycles. The second-order valence-electron chi connectivity index (χ2n) is 4.61. The predicted molar refractivity (Wildman–Crippen MR) is 68.8 cm³/mol. The van der Waals surface area contributed by atoms with Crippen molar-refractivity contribution in [1.29, 1.82) is 0 Å². The van der Waals surface area contributed by atoms with Gasteiger partial charge < -0.3 is 20.8 Å². The lowest BCUT2D eigenvalue weighted by molar-refractivity contribution is -0.136. The van der Waals surface area contributed by atoms with Gasteiger partial charge in [-0.25, -0.2) is 0 Å². The summed E-state index contributed by atoms with van der Waals surface area (Å²) in [6.07, 6.45) is -0.109. The number of carboxylic acid groups (broad SMARTS) is 1. The lowest BCUT2D eigenvalue weighted by atomic mass is 10.1. The number of hydrogen-bond donors (Lipinski definition) is 4. The minimum Gasteiger partial charge on any atom is -0.481 e. The Labute approximate surface area is 110 Å². The van der Waals surface area contributed by atoms with Crippen LogP contribution in [-0.4, -0.2) is 40.8 Å². The number of hydrogen-bond acceptors (Lipinski definition) is 4. The molecule has 0 radical (unpaired) electrons. The minimum absolute atomic E-state index is 0.0371. The number of carboxylic acids is 1. The van der Waals surface area contributed by atoms with Crippen LogP contribution in [-0.2, 0) is 16.0 Å². The molecule has 2 rings (SSSR count). The number of benzene rings is 1. The molecule has 0 saturated carbocycles. The first kappa shape index (κ1) is 13.5. The van der Waals surface area contributed by atoms with Crippen molar-refractivity contribution in [2.45, 2.75) is 25.0 Å². The second kappa shape index (κ2) is 5.81. The normalized spacial score (nSPS) is 22.2. The van der Waals surface area contributed by atoms with Crippen LogP contribution in [0.2, 0.25) is 0 Å². The average molecular weight is 264 g/mol. The highest BCUT2D eigenvalue weighted by Gasteiger charge is 2.27. The van der Waals surface area contributed by atoms with Crippen LogP contribution in [0, 0.1) is 0 Å². The van der Waals surface area contributed by atoms with Gasteiger partial charge in [0.25, 0.3) is 0 Å². The molecule has 1 aromatic rings. The summed E-state index contributed by atoms with van der Waals surface area (Å²) in [7, 11) is 0. The molecule has 2 atom stereocenters. The number of carbonyl (C=O) groups excluding carboxylic acids is 1. The van der Waals surface area contributed by atoms with E-state index < -0.39 is 12.1 Å². The number of aliphatic carboxylic acids is 1. The van der Waals surface area contributed by atoms with Crippen LogP contribution < -0.4 is 10.6 Å². The zero-order chi connectivity index (χ0) is 13.8. The predicted octanol–water partition coefficient (Wildman–Crippen LogP) is -0.0250. The minimum atomic E-state index is -0.888. The smallest absolute Gasteiger partial charge is 0.307 e. The molecule has 2 unspecified atom stereocenters. The maximum absolute atomic E-state index is 11.8. The molecule has 6 nitrogen and oxygen atoms in total. The lowest BCUT2D eigenvalue weighted by Gasteiger charge is -2.11. The molecular formula is C13H16N2O4.